The van der Waals surface area contributed by atoms with Crippen molar-refractivity contribution in [2.24, 2.45) is 5.92 Å². The minimum absolute atomic E-state index is 0.136. The molecule has 0 aromatic heterocycles. The van der Waals surface area contributed by atoms with Gasteiger partial charge >= 0.3 is 0 Å². The van der Waals surface area contributed by atoms with E-state index in [-0.39, 0.29) is 11.8 Å². The lowest BCUT2D eigenvalue weighted by Crippen LogP contribution is -2.43. The van der Waals surface area contributed by atoms with Gasteiger partial charge in [0.15, 0.2) is 0 Å². The third-order valence-corrected chi connectivity index (χ3v) is 5.92. The molecule has 0 bridgehead atoms. The minimum atomic E-state index is -3.14. The number of nitrogens with one attached hydrogen (secondary N) is 2. The second-order valence-electron chi connectivity index (χ2n) is 6.52. The van der Waals surface area contributed by atoms with Crippen LogP contribution in [0.4, 0.5) is 0 Å². The molecule has 2 fully saturated rings. The Morgan fingerprint density at radius 2 is 2.10 bits per heavy atom. The van der Waals surface area contributed by atoms with Gasteiger partial charge in [0.2, 0.25) is 10.0 Å². The van der Waals surface area contributed by atoms with Gasteiger partial charge in [-0.15, -0.1) is 0 Å². The summed E-state index contributed by atoms with van der Waals surface area (Å²) in [5.74, 6) is 0.694. The first-order valence-electron chi connectivity index (χ1n) is 7.91. The molecule has 2 N–H and O–H groups in total. The van der Waals surface area contributed by atoms with Crippen LogP contribution in [0, 0.1) is 5.92 Å². The lowest BCUT2D eigenvalue weighted by Gasteiger charge is -2.24. The average Bonchev–Trinajstić information content (AvgIpc) is 2.86. The molecule has 0 spiro atoms. The van der Waals surface area contributed by atoms with E-state index in [1.807, 2.05) is 0 Å². The predicted octanol–water partition coefficient (Wildman–Crippen LogP) is 0.778. The quantitative estimate of drug-likeness (QED) is 0.761. The van der Waals surface area contributed by atoms with Crippen molar-refractivity contribution in [3.8, 4) is 0 Å². The third kappa shape index (κ3) is 4.98. The summed E-state index contributed by atoms with van der Waals surface area (Å²) in [7, 11) is -3.14. The molecule has 5 nitrogen and oxygen atoms in total. The number of rotatable bonds is 6. The zero-order chi connectivity index (χ0) is 14.6. The highest BCUT2D eigenvalue weighted by Gasteiger charge is 2.26. The number of sulfonamides is 1. The Bertz CT molecular complexity index is 391. The first-order valence-corrected chi connectivity index (χ1v) is 9.56. The molecule has 2 saturated heterocycles. The fourth-order valence-electron chi connectivity index (χ4n) is 3.13. The minimum Gasteiger partial charge on any atom is -0.313 e. The zero-order valence-electron chi connectivity index (χ0n) is 12.8. The van der Waals surface area contributed by atoms with Crippen LogP contribution in [0.5, 0.6) is 0 Å². The van der Waals surface area contributed by atoms with Gasteiger partial charge in [0.05, 0.1) is 5.75 Å². The van der Waals surface area contributed by atoms with E-state index in [9.17, 15) is 8.42 Å². The van der Waals surface area contributed by atoms with Crippen LogP contribution in [0.15, 0.2) is 0 Å². The molecule has 2 aliphatic heterocycles. The van der Waals surface area contributed by atoms with Crippen LogP contribution in [0.25, 0.3) is 0 Å². The lowest BCUT2D eigenvalue weighted by atomic mass is 10.1. The molecule has 2 unspecified atom stereocenters. The van der Waals surface area contributed by atoms with Crippen LogP contribution < -0.4 is 10.0 Å². The fourth-order valence-corrected chi connectivity index (χ4v) is 4.55. The van der Waals surface area contributed by atoms with Gasteiger partial charge in [-0.05, 0) is 52.1 Å². The highest BCUT2D eigenvalue weighted by Crippen LogP contribution is 2.18. The van der Waals surface area contributed by atoms with Crippen molar-refractivity contribution in [1.29, 1.82) is 0 Å². The van der Waals surface area contributed by atoms with E-state index in [0.717, 1.165) is 45.3 Å². The Kier molecular flexibility index (Phi) is 5.84. The number of piperidine rings is 1. The molecule has 6 heteroatoms. The zero-order valence-corrected chi connectivity index (χ0v) is 13.6. The maximum absolute atomic E-state index is 12.1. The monoisotopic (exact) mass is 303 g/mol. The van der Waals surface area contributed by atoms with E-state index >= 15 is 0 Å². The standard InChI is InChI=1S/C14H29N3O2S/c1-12(2)17-8-6-13(10-17)9-16-20(18,19)11-14-5-3-4-7-15-14/h12-16H,3-11H2,1-2H3. The number of hydrogen-bond acceptors (Lipinski definition) is 4. The molecule has 0 amide bonds. The average molecular weight is 303 g/mol. The molecule has 0 radical (unpaired) electrons. The van der Waals surface area contributed by atoms with Gasteiger partial charge in [-0.25, -0.2) is 13.1 Å². The Balaban J connectivity index is 1.72. The number of nitrogens with zero attached hydrogens (tertiary/aromatic N) is 1. The highest BCUT2D eigenvalue weighted by atomic mass is 32.2. The Labute approximate surface area is 123 Å². The van der Waals surface area contributed by atoms with E-state index in [0.29, 0.717) is 18.5 Å². The second kappa shape index (κ2) is 7.20. The number of hydrogen-bond donors (Lipinski definition) is 2. The van der Waals surface area contributed by atoms with Gasteiger partial charge < -0.3 is 10.2 Å². The maximum atomic E-state index is 12.1. The molecule has 2 heterocycles. The Hall–Kier alpha value is -0.170. The van der Waals surface area contributed by atoms with E-state index in [4.69, 9.17) is 0 Å². The molecular formula is C14H29N3O2S. The molecule has 20 heavy (non-hydrogen) atoms. The van der Waals surface area contributed by atoms with Crippen LogP contribution in [0.3, 0.4) is 0 Å². The van der Waals surface area contributed by atoms with Crippen molar-refractivity contribution in [2.75, 3.05) is 31.9 Å². The predicted molar refractivity (Wildman–Crippen MR) is 82.2 cm³/mol. The smallest absolute Gasteiger partial charge is 0.213 e. The van der Waals surface area contributed by atoms with E-state index in [2.05, 4.69) is 28.8 Å². The van der Waals surface area contributed by atoms with Crippen molar-refractivity contribution >= 4 is 10.0 Å². The maximum Gasteiger partial charge on any atom is 0.213 e. The topological polar surface area (TPSA) is 61.4 Å². The van der Waals surface area contributed by atoms with Crippen LogP contribution in [-0.2, 0) is 10.0 Å². The van der Waals surface area contributed by atoms with E-state index in [1.54, 1.807) is 0 Å². The van der Waals surface area contributed by atoms with Crippen LogP contribution in [0.2, 0.25) is 0 Å². The van der Waals surface area contributed by atoms with Crippen molar-refractivity contribution in [3.63, 3.8) is 0 Å². The molecule has 2 rings (SSSR count). The normalized spacial score (nSPS) is 29.1. The fraction of sp³-hybridized carbons (Fsp3) is 1.00. The summed E-state index contributed by atoms with van der Waals surface area (Å²) in [6, 6.07) is 0.694. The largest absolute Gasteiger partial charge is 0.313 e. The van der Waals surface area contributed by atoms with Gasteiger partial charge in [0, 0.05) is 25.2 Å². The van der Waals surface area contributed by atoms with Crippen LogP contribution in [0.1, 0.15) is 39.5 Å². The summed E-state index contributed by atoms with van der Waals surface area (Å²) in [6.45, 7) is 8.04. The molecule has 2 atom stereocenters. The molecule has 2 aliphatic rings. The summed E-state index contributed by atoms with van der Waals surface area (Å²) in [4.78, 5) is 2.42. The van der Waals surface area contributed by atoms with Gasteiger partial charge in [-0.2, -0.15) is 0 Å². The van der Waals surface area contributed by atoms with Crippen molar-refractivity contribution in [1.82, 2.24) is 14.9 Å². The second-order valence-corrected chi connectivity index (χ2v) is 8.37. The summed E-state index contributed by atoms with van der Waals surface area (Å²) < 4.78 is 27.0. The van der Waals surface area contributed by atoms with Gasteiger partial charge in [0.25, 0.3) is 0 Å². The lowest BCUT2D eigenvalue weighted by molar-refractivity contribution is 0.265. The highest BCUT2D eigenvalue weighted by molar-refractivity contribution is 7.89. The summed E-state index contributed by atoms with van der Waals surface area (Å²) in [5.41, 5.74) is 0. The number of likely N-dealkylation sites (tertiary alicyclic amines) is 1. The Morgan fingerprint density at radius 3 is 2.70 bits per heavy atom. The first kappa shape index (κ1) is 16.2. The summed E-state index contributed by atoms with van der Waals surface area (Å²) >= 11 is 0. The van der Waals surface area contributed by atoms with Crippen molar-refractivity contribution in [2.45, 2.75) is 51.6 Å². The SMILES string of the molecule is CC(C)N1CCC(CNS(=O)(=O)CC2CCCCN2)C1. The third-order valence-electron chi connectivity index (χ3n) is 4.47. The van der Waals surface area contributed by atoms with E-state index < -0.39 is 10.0 Å². The van der Waals surface area contributed by atoms with E-state index in [1.165, 1.54) is 0 Å². The molecule has 0 saturated carbocycles. The molecule has 0 aromatic rings. The first-order chi connectivity index (χ1) is 9.46. The van der Waals surface area contributed by atoms with Gasteiger partial charge in [-0.1, -0.05) is 6.42 Å². The molecule has 118 valence electrons. The van der Waals surface area contributed by atoms with Crippen molar-refractivity contribution < 1.29 is 8.42 Å². The van der Waals surface area contributed by atoms with Gasteiger partial charge in [-0.3, -0.25) is 0 Å². The molecular weight excluding hydrogens is 274 g/mol. The summed E-state index contributed by atoms with van der Waals surface area (Å²) in [5, 5.41) is 3.30. The summed E-state index contributed by atoms with van der Waals surface area (Å²) in [6.07, 6.45) is 4.38. The van der Waals surface area contributed by atoms with Crippen LogP contribution in [-0.4, -0.2) is 57.3 Å². The molecule has 0 aromatic carbocycles. The van der Waals surface area contributed by atoms with Gasteiger partial charge in [0.1, 0.15) is 0 Å². The van der Waals surface area contributed by atoms with Crippen molar-refractivity contribution in [3.05, 3.63) is 0 Å². The Morgan fingerprint density at radius 1 is 1.30 bits per heavy atom. The molecule has 0 aliphatic carbocycles. The van der Waals surface area contributed by atoms with Crippen LogP contribution >= 0.6 is 0 Å².